The second kappa shape index (κ2) is 5.82. The number of ether oxygens (including phenoxy) is 1. The number of hydrogen-bond donors (Lipinski definition) is 1. The molecule has 0 amide bonds. The van der Waals surface area contributed by atoms with Crippen LogP contribution in [0.4, 0.5) is 0 Å². The van der Waals surface area contributed by atoms with Gasteiger partial charge in [-0.05, 0) is 13.0 Å². The van der Waals surface area contributed by atoms with Gasteiger partial charge in [-0.1, -0.05) is 0 Å². The molecule has 1 heterocycles. The van der Waals surface area contributed by atoms with Gasteiger partial charge in [-0.3, -0.25) is 0 Å². The molecule has 0 fully saturated rings. The van der Waals surface area contributed by atoms with Crippen molar-refractivity contribution in [3.63, 3.8) is 0 Å². The summed E-state index contributed by atoms with van der Waals surface area (Å²) in [5.74, 6) is 1.76. The van der Waals surface area contributed by atoms with Gasteiger partial charge in [-0.2, -0.15) is 11.8 Å². The van der Waals surface area contributed by atoms with Crippen molar-refractivity contribution in [2.45, 2.75) is 18.7 Å². The van der Waals surface area contributed by atoms with Gasteiger partial charge in [-0.25, -0.2) is 4.79 Å². The van der Waals surface area contributed by atoms with E-state index >= 15 is 0 Å². The minimum absolute atomic E-state index is 0.145. The van der Waals surface area contributed by atoms with E-state index < -0.39 is 0 Å². The number of carbonyl (C=O) groups is 1. The molecule has 0 aromatic carbocycles. The maximum atomic E-state index is 11.3. The standard InChI is InChI=1S/C10H15NO3S/c1-7(11)5-15-6-9-8(3-4-14-9)10(12)13-2/h3-4,7H,5-6,11H2,1-2H3. The highest BCUT2D eigenvalue weighted by molar-refractivity contribution is 7.98. The Morgan fingerprint density at radius 3 is 3.07 bits per heavy atom. The van der Waals surface area contributed by atoms with Crippen molar-refractivity contribution in [3.05, 3.63) is 23.7 Å². The second-order valence-electron chi connectivity index (χ2n) is 3.24. The zero-order valence-electron chi connectivity index (χ0n) is 8.86. The first-order valence-electron chi connectivity index (χ1n) is 4.63. The lowest BCUT2D eigenvalue weighted by Gasteiger charge is -2.04. The maximum absolute atomic E-state index is 11.3. The Kier molecular flexibility index (Phi) is 4.71. The van der Waals surface area contributed by atoms with Gasteiger partial charge in [0.15, 0.2) is 0 Å². The van der Waals surface area contributed by atoms with E-state index in [0.29, 0.717) is 17.1 Å². The van der Waals surface area contributed by atoms with E-state index in [1.54, 1.807) is 17.8 Å². The number of hydrogen-bond acceptors (Lipinski definition) is 5. The molecule has 0 aliphatic carbocycles. The van der Waals surface area contributed by atoms with E-state index in [1.807, 2.05) is 6.92 Å². The average molecular weight is 229 g/mol. The Hall–Kier alpha value is -0.940. The summed E-state index contributed by atoms with van der Waals surface area (Å²) in [6.07, 6.45) is 1.49. The Labute approximate surface area is 93.2 Å². The molecule has 15 heavy (non-hydrogen) atoms. The fourth-order valence-electron chi connectivity index (χ4n) is 1.08. The SMILES string of the molecule is COC(=O)c1ccoc1CSCC(C)N. The summed E-state index contributed by atoms with van der Waals surface area (Å²) < 4.78 is 9.84. The monoisotopic (exact) mass is 229 g/mol. The van der Waals surface area contributed by atoms with Crippen LogP contribution in [0.25, 0.3) is 0 Å². The molecule has 1 rings (SSSR count). The molecule has 0 bridgehead atoms. The molecule has 0 aliphatic rings. The van der Waals surface area contributed by atoms with Crippen molar-refractivity contribution in [3.8, 4) is 0 Å². The van der Waals surface area contributed by atoms with Crippen LogP contribution in [0, 0.1) is 0 Å². The lowest BCUT2D eigenvalue weighted by atomic mass is 10.3. The predicted octanol–water partition coefficient (Wildman–Crippen LogP) is 1.65. The van der Waals surface area contributed by atoms with Crippen LogP contribution in [-0.2, 0) is 10.5 Å². The number of carbonyl (C=O) groups excluding carboxylic acids is 1. The van der Waals surface area contributed by atoms with Gasteiger partial charge in [-0.15, -0.1) is 0 Å². The van der Waals surface area contributed by atoms with Crippen LogP contribution < -0.4 is 5.73 Å². The summed E-state index contributed by atoms with van der Waals surface area (Å²) in [6.45, 7) is 1.94. The van der Waals surface area contributed by atoms with E-state index in [1.165, 1.54) is 13.4 Å². The largest absolute Gasteiger partial charge is 0.468 e. The topological polar surface area (TPSA) is 65.5 Å². The zero-order chi connectivity index (χ0) is 11.3. The number of thioether (sulfide) groups is 1. The molecule has 1 aromatic rings. The van der Waals surface area contributed by atoms with E-state index in [9.17, 15) is 4.79 Å². The Bertz CT molecular complexity index is 322. The van der Waals surface area contributed by atoms with Crippen LogP contribution in [-0.4, -0.2) is 24.9 Å². The number of rotatable bonds is 5. The smallest absolute Gasteiger partial charge is 0.341 e. The Morgan fingerprint density at radius 2 is 2.47 bits per heavy atom. The molecular formula is C10H15NO3S. The third-order valence-electron chi connectivity index (χ3n) is 1.76. The first-order chi connectivity index (χ1) is 7.15. The van der Waals surface area contributed by atoms with Gasteiger partial charge < -0.3 is 14.9 Å². The average Bonchev–Trinajstić information content (AvgIpc) is 2.64. The van der Waals surface area contributed by atoms with Gasteiger partial charge in [0.25, 0.3) is 0 Å². The predicted molar refractivity (Wildman–Crippen MR) is 59.9 cm³/mol. The van der Waals surface area contributed by atoms with Crippen molar-refractivity contribution in [2.75, 3.05) is 12.9 Å². The molecule has 0 spiro atoms. The van der Waals surface area contributed by atoms with E-state index in [4.69, 9.17) is 10.2 Å². The molecule has 0 saturated heterocycles. The van der Waals surface area contributed by atoms with Crippen molar-refractivity contribution in [1.29, 1.82) is 0 Å². The molecule has 0 radical (unpaired) electrons. The molecule has 1 atom stereocenters. The van der Waals surface area contributed by atoms with Gasteiger partial charge in [0.1, 0.15) is 11.3 Å². The number of nitrogens with two attached hydrogens (primary N) is 1. The molecule has 0 aliphatic heterocycles. The number of esters is 1. The van der Waals surface area contributed by atoms with E-state index in [-0.39, 0.29) is 12.0 Å². The molecule has 5 heteroatoms. The van der Waals surface area contributed by atoms with Crippen LogP contribution in [0.1, 0.15) is 23.0 Å². The summed E-state index contributed by atoms with van der Waals surface area (Å²) in [6, 6.07) is 1.76. The highest BCUT2D eigenvalue weighted by Crippen LogP contribution is 2.18. The minimum atomic E-state index is -0.361. The van der Waals surface area contributed by atoms with Crippen LogP contribution in [0.3, 0.4) is 0 Å². The Morgan fingerprint density at radius 1 is 1.73 bits per heavy atom. The van der Waals surface area contributed by atoms with Crippen LogP contribution in [0.15, 0.2) is 16.7 Å². The Balaban J connectivity index is 2.54. The van der Waals surface area contributed by atoms with Crippen molar-refractivity contribution < 1.29 is 13.9 Å². The number of methoxy groups -OCH3 is 1. The third-order valence-corrected chi connectivity index (χ3v) is 2.99. The van der Waals surface area contributed by atoms with Crippen molar-refractivity contribution in [2.24, 2.45) is 5.73 Å². The molecular weight excluding hydrogens is 214 g/mol. The molecule has 0 saturated carbocycles. The lowest BCUT2D eigenvalue weighted by molar-refractivity contribution is 0.0598. The molecule has 2 N–H and O–H groups in total. The second-order valence-corrected chi connectivity index (χ2v) is 4.27. The molecule has 84 valence electrons. The van der Waals surface area contributed by atoms with E-state index in [2.05, 4.69) is 4.74 Å². The summed E-state index contributed by atoms with van der Waals surface area (Å²) in [4.78, 5) is 11.3. The molecule has 1 unspecified atom stereocenters. The fraction of sp³-hybridized carbons (Fsp3) is 0.500. The van der Waals surface area contributed by atoms with Gasteiger partial charge in [0, 0.05) is 11.8 Å². The highest BCUT2D eigenvalue weighted by atomic mass is 32.2. The lowest BCUT2D eigenvalue weighted by Crippen LogP contribution is -2.17. The van der Waals surface area contributed by atoms with Gasteiger partial charge in [0.05, 0.1) is 19.1 Å². The number of furan rings is 1. The fourth-order valence-corrected chi connectivity index (χ4v) is 1.98. The summed E-state index contributed by atoms with van der Waals surface area (Å²) >= 11 is 1.63. The summed E-state index contributed by atoms with van der Waals surface area (Å²) in [5, 5.41) is 0. The van der Waals surface area contributed by atoms with E-state index in [0.717, 1.165) is 5.75 Å². The summed E-state index contributed by atoms with van der Waals surface area (Å²) in [5.41, 5.74) is 6.11. The van der Waals surface area contributed by atoms with Crippen LogP contribution >= 0.6 is 11.8 Å². The third kappa shape index (κ3) is 3.60. The van der Waals surface area contributed by atoms with Crippen molar-refractivity contribution in [1.82, 2.24) is 0 Å². The first kappa shape index (κ1) is 12.1. The van der Waals surface area contributed by atoms with Gasteiger partial charge >= 0.3 is 5.97 Å². The highest BCUT2D eigenvalue weighted by Gasteiger charge is 2.14. The quantitative estimate of drug-likeness (QED) is 0.778. The van der Waals surface area contributed by atoms with Crippen molar-refractivity contribution >= 4 is 17.7 Å². The molecule has 4 nitrogen and oxygen atoms in total. The maximum Gasteiger partial charge on any atom is 0.341 e. The summed E-state index contributed by atoms with van der Waals surface area (Å²) in [7, 11) is 1.36. The van der Waals surface area contributed by atoms with Crippen LogP contribution in [0.5, 0.6) is 0 Å². The van der Waals surface area contributed by atoms with Crippen LogP contribution in [0.2, 0.25) is 0 Å². The minimum Gasteiger partial charge on any atom is -0.468 e. The zero-order valence-corrected chi connectivity index (χ0v) is 9.67. The first-order valence-corrected chi connectivity index (χ1v) is 5.78. The normalized spacial score (nSPS) is 12.5. The van der Waals surface area contributed by atoms with Gasteiger partial charge in [0.2, 0.25) is 0 Å². The molecule has 1 aromatic heterocycles.